The fraction of sp³-hybridized carbons (Fsp3) is 0.190. The van der Waals surface area contributed by atoms with E-state index in [9.17, 15) is 9.59 Å². The summed E-state index contributed by atoms with van der Waals surface area (Å²) in [7, 11) is 0. The molecule has 0 radical (unpaired) electrons. The largest absolute Gasteiger partial charge is 0.494 e. The van der Waals surface area contributed by atoms with Gasteiger partial charge in [-0.1, -0.05) is 6.07 Å². The highest BCUT2D eigenvalue weighted by Crippen LogP contribution is 2.16. The van der Waals surface area contributed by atoms with Crippen LogP contribution in [0.4, 0.5) is 5.69 Å². The number of anilines is 1. The highest BCUT2D eigenvalue weighted by Gasteiger charge is 2.14. The zero-order valence-electron chi connectivity index (χ0n) is 15.5. The molecule has 6 nitrogen and oxygen atoms in total. The zero-order valence-corrected chi connectivity index (χ0v) is 15.5. The topological polar surface area (TPSA) is 73.2 Å². The molecule has 0 saturated heterocycles. The lowest BCUT2D eigenvalue weighted by Crippen LogP contribution is -2.25. The van der Waals surface area contributed by atoms with E-state index in [1.165, 1.54) is 16.9 Å². The van der Waals surface area contributed by atoms with Gasteiger partial charge < -0.3 is 10.1 Å². The van der Waals surface area contributed by atoms with Crippen molar-refractivity contribution in [1.82, 2.24) is 9.78 Å². The molecule has 0 saturated carbocycles. The Hall–Kier alpha value is -3.41. The van der Waals surface area contributed by atoms with Gasteiger partial charge in [-0.05, 0) is 68.3 Å². The highest BCUT2D eigenvalue weighted by molar-refractivity contribution is 6.02. The molecule has 0 aliphatic carbocycles. The Labute approximate surface area is 157 Å². The molecule has 6 heteroatoms. The molecule has 1 N–H and O–H groups in total. The first-order valence-corrected chi connectivity index (χ1v) is 8.69. The maximum atomic E-state index is 12.5. The van der Waals surface area contributed by atoms with Gasteiger partial charge in [-0.15, -0.1) is 0 Å². The van der Waals surface area contributed by atoms with Crippen LogP contribution in [0.1, 0.15) is 28.5 Å². The first-order chi connectivity index (χ1) is 13.0. The van der Waals surface area contributed by atoms with Crippen LogP contribution in [0, 0.1) is 13.8 Å². The van der Waals surface area contributed by atoms with E-state index < -0.39 is 11.3 Å². The number of nitrogens with zero attached hydrogens (tertiary/aromatic N) is 2. The van der Waals surface area contributed by atoms with E-state index in [1.54, 1.807) is 6.07 Å². The predicted octanol–water partition coefficient (Wildman–Crippen LogP) is 3.50. The molecule has 0 bridgehead atoms. The molecule has 3 rings (SSSR count). The fourth-order valence-electron chi connectivity index (χ4n) is 2.58. The molecule has 2 aromatic carbocycles. The summed E-state index contributed by atoms with van der Waals surface area (Å²) in [6, 6.07) is 14.2. The normalized spacial score (nSPS) is 10.5. The van der Waals surface area contributed by atoms with Gasteiger partial charge in [0.05, 0.1) is 12.3 Å². The Kier molecular flexibility index (Phi) is 5.35. The third-order valence-electron chi connectivity index (χ3n) is 4.20. The molecule has 1 aromatic heterocycles. The van der Waals surface area contributed by atoms with E-state index in [-0.39, 0.29) is 5.69 Å². The number of hydrogen-bond donors (Lipinski definition) is 1. The quantitative estimate of drug-likeness (QED) is 0.753. The molecule has 3 aromatic rings. The van der Waals surface area contributed by atoms with Gasteiger partial charge in [0.25, 0.3) is 5.91 Å². The number of hydrogen-bond acceptors (Lipinski definition) is 4. The van der Waals surface area contributed by atoms with Crippen LogP contribution in [-0.4, -0.2) is 22.3 Å². The number of aryl methyl sites for hydroxylation is 2. The smallest absolute Gasteiger partial charge is 0.280 e. The molecule has 138 valence electrons. The second-order valence-electron chi connectivity index (χ2n) is 6.15. The van der Waals surface area contributed by atoms with Crippen molar-refractivity contribution in [3.8, 4) is 11.4 Å². The summed E-state index contributed by atoms with van der Waals surface area (Å²) in [6.45, 7) is 6.45. The number of rotatable bonds is 5. The van der Waals surface area contributed by atoms with E-state index in [2.05, 4.69) is 10.4 Å². The van der Waals surface area contributed by atoms with Crippen molar-refractivity contribution in [2.24, 2.45) is 0 Å². The van der Waals surface area contributed by atoms with Gasteiger partial charge in [-0.2, -0.15) is 5.10 Å². The van der Waals surface area contributed by atoms with Crippen molar-refractivity contribution in [3.63, 3.8) is 0 Å². The van der Waals surface area contributed by atoms with Crippen LogP contribution in [-0.2, 0) is 0 Å². The van der Waals surface area contributed by atoms with Gasteiger partial charge in [0, 0.05) is 18.0 Å². The number of ether oxygens (including phenoxy) is 1. The average Bonchev–Trinajstić information content (AvgIpc) is 2.66. The first kappa shape index (κ1) is 18.4. The van der Waals surface area contributed by atoms with E-state index in [1.807, 2.05) is 57.2 Å². The third-order valence-corrected chi connectivity index (χ3v) is 4.20. The second kappa shape index (κ2) is 7.86. The number of aromatic nitrogens is 2. The van der Waals surface area contributed by atoms with Crippen molar-refractivity contribution in [3.05, 3.63) is 81.8 Å². The number of nitrogens with one attached hydrogen (secondary N) is 1. The SMILES string of the molecule is CCOc1ccc(-n2ccc(=O)c(C(=O)Nc3ccc(C)c(C)c3)n2)cc1. The number of amides is 1. The lowest BCUT2D eigenvalue weighted by atomic mass is 10.1. The van der Waals surface area contributed by atoms with E-state index >= 15 is 0 Å². The third kappa shape index (κ3) is 4.23. The summed E-state index contributed by atoms with van der Waals surface area (Å²) < 4.78 is 6.91. The monoisotopic (exact) mass is 363 g/mol. The van der Waals surface area contributed by atoms with E-state index in [0.717, 1.165) is 22.6 Å². The lowest BCUT2D eigenvalue weighted by Gasteiger charge is -2.10. The van der Waals surface area contributed by atoms with Crippen molar-refractivity contribution in [1.29, 1.82) is 0 Å². The molecule has 27 heavy (non-hydrogen) atoms. The summed E-state index contributed by atoms with van der Waals surface area (Å²) in [6.07, 6.45) is 1.53. The number of benzene rings is 2. The van der Waals surface area contributed by atoms with Crippen LogP contribution < -0.4 is 15.5 Å². The minimum absolute atomic E-state index is 0.162. The molecular weight excluding hydrogens is 342 g/mol. The second-order valence-corrected chi connectivity index (χ2v) is 6.15. The maximum absolute atomic E-state index is 12.5. The molecule has 0 atom stereocenters. The summed E-state index contributed by atoms with van der Waals surface area (Å²) in [4.78, 5) is 24.7. The van der Waals surface area contributed by atoms with Gasteiger partial charge >= 0.3 is 0 Å². The standard InChI is InChI=1S/C21H21N3O3/c1-4-27-18-9-7-17(8-10-18)24-12-11-19(25)20(23-24)21(26)22-16-6-5-14(2)15(3)13-16/h5-13H,4H2,1-3H3,(H,22,26). The van der Waals surface area contributed by atoms with Crippen LogP contribution in [0.2, 0.25) is 0 Å². The highest BCUT2D eigenvalue weighted by atomic mass is 16.5. The van der Waals surface area contributed by atoms with Gasteiger partial charge in [0.1, 0.15) is 5.75 Å². The Balaban J connectivity index is 1.87. The van der Waals surface area contributed by atoms with E-state index in [0.29, 0.717) is 12.3 Å². The summed E-state index contributed by atoms with van der Waals surface area (Å²) in [5.41, 5.74) is 2.94. The van der Waals surface area contributed by atoms with Gasteiger partial charge in [-0.25, -0.2) is 4.68 Å². The summed E-state index contributed by atoms with van der Waals surface area (Å²) in [5.74, 6) is 0.207. The van der Waals surface area contributed by atoms with Crippen LogP contribution in [0.3, 0.4) is 0 Å². The molecule has 1 heterocycles. The minimum atomic E-state index is -0.538. The molecule has 0 aliphatic rings. The number of carbonyl (C=O) groups is 1. The maximum Gasteiger partial charge on any atom is 0.280 e. The van der Waals surface area contributed by atoms with Gasteiger partial charge in [0.2, 0.25) is 5.43 Å². The van der Waals surface area contributed by atoms with Crippen LogP contribution >= 0.6 is 0 Å². The molecule has 0 unspecified atom stereocenters. The van der Waals surface area contributed by atoms with Crippen LogP contribution in [0.25, 0.3) is 5.69 Å². The lowest BCUT2D eigenvalue weighted by molar-refractivity contribution is 0.101. The van der Waals surface area contributed by atoms with E-state index in [4.69, 9.17) is 4.74 Å². The Morgan fingerprint density at radius 2 is 1.81 bits per heavy atom. The number of carbonyl (C=O) groups excluding carboxylic acids is 1. The van der Waals surface area contributed by atoms with Gasteiger partial charge in [0.15, 0.2) is 5.69 Å². The molecule has 1 amide bonds. The van der Waals surface area contributed by atoms with Crippen molar-refractivity contribution >= 4 is 11.6 Å². The van der Waals surface area contributed by atoms with Crippen molar-refractivity contribution < 1.29 is 9.53 Å². The Morgan fingerprint density at radius 3 is 2.48 bits per heavy atom. The summed E-state index contributed by atoms with van der Waals surface area (Å²) in [5, 5.41) is 6.94. The first-order valence-electron chi connectivity index (χ1n) is 8.69. The minimum Gasteiger partial charge on any atom is -0.494 e. The fourth-order valence-corrected chi connectivity index (χ4v) is 2.58. The average molecular weight is 363 g/mol. The molecule has 0 fully saturated rings. The Bertz CT molecular complexity index is 1020. The zero-order chi connectivity index (χ0) is 19.4. The molecule has 0 spiro atoms. The van der Waals surface area contributed by atoms with Crippen molar-refractivity contribution in [2.45, 2.75) is 20.8 Å². The van der Waals surface area contributed by atoms with Crippen molar-refractivity contribution in [2.75, 3.05) is 11.9 Å². The Morgan fingerprint density at radius 1 is 1.07 bits per heavy atom. The predicted molar refractivity (Wildman–Crippen MR) is 105 cm³/mol. The van der Waals surface area contributed by atoms with Crippen LogP contribution in [0.15, 0.2) is 59.5 Å². The summed E-state index contributed by atoms with van der Waals surface area (Å²) >= 11 is 0. The van der Waals surface area contributed by atoms with Crippen LogP contribution in [0.5, 0.6) is 5.75 Å². The van der Waals surface area contributed by atoms with Gasteiger partial charge in [-0.3, -0.25) is 9.59 Å². The molecule has 0 aliphatic heterocycles. The molecular formula is C21H21N3O3.